The lowest BCUT2D eigenvalue weighted by atomic mass is 10.1. The van der Waals surface area contributed by atoms with Crippen LogP contribution in [0.4, 0.5) is 5.69 Å². The topological polar surface area (TPSA) is 75.8 Å². The molecule has 7 heteroatoms. The van der Waals surface area contributed by atoms with Crippen molar-refractivity contribution in [1.29, 1.82) is 0 Å². The van der Waals surface area contributed by atoms with Crippen LogP contribution in [-0.4, -0.2) is 36.7 Å². The molecule has 0 saturated heterocycles. The lowest BCUT2D eigenvalue weighted by molar-refractivity contribution is -0.138. The normalized spacial score (nSPS) is 9.28. The fraction of sp³-hybridized carbons (Fsp3) is 0.364. The molecule has 0 spiro atoms. The van der Waals surface area contributed by atoms with E-state index in [-0.39, 0.29) is 31.4 Å². The van der Waals surface area contributed by atoms with Gasteiger partial charge in [0.05, 0.1) is 13.7 Å². The quantitative estimate of drug-likeness (QED) is 0.808. The Kier molecular flexibility index (Phi) is 9.43. The third-order valence-corrected chi connectivity index (χ3v) is 2.15. The highest BCUT2D eigenvalue weighted by Gasteiger charge is 2.09. The fourth-order valence-electron chi connectivity index (χ4n) is 1.50. The van der Waals surface area contributed by atoms with E-state index in [0.717, 1.165) is 5.56 Å². The van der Waals surface area contributed by atoms with Crippen molar-refractivity contribution in [2.75, 3.05) is 26.4 Å². The third kappa shape index (κ3) is 5.95. The van der Waals surface area contributed by atoms with Gasteiger partial charge in [-0.3, -0.25) is 9.69 Å². The molecule has 0 atom stereocenters. The maximum Gasteiger partial charge on any atom is 0.317 e. The van der Waals surface area contributed by atoms with Crippen LogP contribution in [0.5, 0.6) is 5.75 Å². The number of methoxy groups -OCH3 is 1. The van der Waals surface area contributed by atoms with Gasteiger partial charge in [-0.1, -0.05) is 0 Å². The number of aliphatic carboxylic acids is 1. The molecule has 0 aliphatic carbocycles. The Hall–Kier alpha value is -1.17. The minimum atomic E-state index is -0.856. The van der Waals surface area contributed by atoms with Gasteiger partial charge in [-0.15, -0.1) is 24.8 Å². The van der Waals surface area contributed by atoms with Gasteiger partial charge in [0.25, 0.3) is 0 Å². The summed E-state index contributed by atoms with van der Waals surface area (Å²) in [5.41, 5.74) is 7.19. The van der Waals surface area contributed by atoms with Crippen molar-refractivity contribution in [2.45, 2.75) is 6.54 Å². The number of benzene rings is 1. The number of nitrogen functional groups attached to an aromatic ring is 1. The van der Waals surface area contributed by atoms with E-state index in [1.807, 2.05) is 0 Å². The number of hydrogen-bond donors (Lipinski definition) is 2. The van der Waals surface area contributed by atoms with Gasteiger partial charge < -0.3 is 15.6 Å². The minimum Gasteiger partial charge on any atom is -0.496 e. The molecule has 1 aromatic rings. The molecule has 0 aliphatic rings. The molecule has 0 amide bonds. The van der Waals surface area contributed by atoms with E-state index in [9.17, 15) is 4.79 Å². The Morgan fingerprint density at radius 1 is 1.44 bits per heavy atom. The molecule has 1 rings (SSSR count). The molecule has 0 heterocycles. The van der Waals surface area contributed by atoms with E-state index in [2.05, 4.69) is 0 Å². The Labute approximate surface area is 119 Å². The summed E-state index contributed by atoms with van der Waals surface area (Å²) in [5, 5.41) is 8.65. The second kappa shape index (κ2) is 8.85. The summed E-state index contributed by atoms with van der Waals surface area (Å²) in [6, 6.07) is 5.32. The van der Waals surface area contributed by atoms with Crippen LogP contribution >= 0.6 is 24.8 Å². The van der Waals surface area contributed by atoms with E-state index in [1.54, 1.807) is 37.3 Å². The van der Waals surface area contributed by atoms with E-state index in [0.29, 0.717) is 18.0 Å². The van der Waals surface area contributed by atoms with Crippen molar-refractivity contribution < 1.29 is 14.6 Å². The number of likely N-dealkylation sites (N-methyl/N-ethyl adjacent to an activating group) is 1. The largest absolute Gasteiger partial charge is 0.496 e. The van der Waals surface area contributed by atoms with Crippen molar-refractivity contribution in [3.63, 3.8) is 0 Å². The Morgan fingerprint density at radius 3 is 2.56 bits per heavy atom. The van der Waals surface area contributed by atoms with Crippen LogP contribution in [0.2, 0.25) is 0 Å². The average molecular weight is 297 g/mol. The number of nitrogens with zero attached hydrogens (tertiary/aromatic N) is 1. The number of nitrogens with two attached hydrogens (primary N) is 1. The number of carboxylic acids is 1. The van der Waals surface area contributed by atoms with Crippen LogP contribution in [0.25, 0.3) is 0 Å². The van der Waals surface area contributed by atoms with Crippen LogP contribution in [-0.2, 0) is 11.3 Å². The number of carbonyl (C=O) groups is 1. The first-order chi connectivity index (χ1) is 7.52. The first kappa shape index (κ1) is 19.2. The molecular formula is C11H18Cl2N2O3. The molecule has 18 heavy (non-hydrogen) atoms. The third-order valence-electron chi connectivity index (χ3n) is 2.15. The Bertz CT molecular complexity index is 389. The van der Waals surface area contributed by atoms with Gasteiger partial charge in [-0.2, -0.15) is 0 Å². The highest BCUT2D eigenvalue weighted by molar-refractivity contribution is 5.85. The van der Waals surface area contributed by atoms with Crippen molar-refractivity contribution in [2.24, 2.45) is 0 Å². The number of rotatable bonds is 5. The first-order valence-corrected chi connectivity index (χ1v) is 4.85. The van der Waals surface area contributed by atoms with E-state index >= 15 is 0 Å². The van der Waals surface area contributed by atoms with Crippen molar-refractivity contribution in [3.8, 4) is 5.75 Å². The lowest BCUT2D eigenvalue weighted by Crippen LogP contribution is -2.25. The minimum absolute atomic E-state index is 0. The van der Waals surface area contributed by atoms with Gasteiger partial charge in [0, 0.05) is 17.8 Å². The summed E-state index contributed by atoms with van der Waals surface area (Å²) in [5.74, 6) is -0.142. The molecule has 0 radical (unpaired) electrons. The number of carboxylic acid groups (broad SMARTS) is 1. The molecule has 5 nitrogen and oxygen atoms in total. The van der Waals surface area contributed by atoms with Gasteiger partial charge in [0.15, 0.2) is 0 Å². The van der Waals surface area contributed by atoms with Crippen molar-refractivity contribution in [3.05, 3.63) is 23.8 Å². The summed E-state index contributed by atoms with van der Waals surface area (Å²) in [6.07, 6.45) is 0. The van der Waals surface area contributed by atoms with Crippen molar-refractivity contribution in [1.82, 2.24) is 4.90 Å². The molecule has 0 fully saturated rings. The molecule has 104 valence electrons. The SMILES string of the molecule is COc1ccc(N)cc1CN(C)CC(=O)O.Cl.Cl. The zero-order chi connectivity index (χ0) is 12.1. The highest BCUT2D eigenvalue weighted by atomic mass is 35.5. The molecule has 0 saturated carbocycles. The number of anilines is 1. The van der Waals surface area contributed by atoms with E-state index < -0.39 is 5.97 Å². The van der Waals surface area contributed by atoms with Crippen LogP contribution in [0.3, 0.4) is 0 Å². The molecular weight excluding hydrogens is 279 g/mol. The first-order valence-electron chi connectivity index (χ1n) is 4.85. The summed E-state index contributed by atoms with van der Waals surface area (Å²) >= 11 is 0. The monoisotopic (exact) mass is 296 g/mol. The zero-order valence-electron chi connectivity index (χ0n) is 10.3. The maximum atomic E-state index is 10.5. The van der Waals surface area contributed by atoms with Crippen LogP contribution in [0, 0.1) is 0 Å². The summed E-state index contributed by atoms with van der Waals surface area (Å²) in [7, 11) is 3.31. The number of hydrogen-bond acceptors (Lipinski definition) is 4. The number of ether oxygens (including phenoxy) is 1. The summed E-state index contributed by atoms with van der Waals surface area (Å²) < 4.78 is 5.18. The van der Waals surface area contributed by atoms with Crippen LogP contribution in [0.15, 0.2) is 18.2 Å². The standard InChI is InChI=1S/C11H16N2O3.2ClH/c1-13(7-11(14)15)6-8-5-9(12)3-4-10(8)16-2;;/h3-5H,6-7,12H2,1-2H3,(H,14,15);2*1H. The van der Waals surface area contributed by atoms with Gasteiger partial charge >= 0.3 is 5.97 Å². The fourth-order valence-corrected chi connectivity index (χ4v) is 1.50. The molecule has 0 aliphatic heterocycles. The molecule has 0 aromatic heterocycles. The van der Waals surface area contributed by atoms with Gasteiger partial charge in [-0.05, 0) is 25.2 Å². The summed E-state index contributed by atoms with van der Waals surface area (Å²) in [4.78, 5) is 12.2. The highest BCUT2D eigenvalue weighted by Crippen LogP contribution is 2.22. The Morgan fingerprint density at radius 2 is 2.06 bits per heavy atom. The zero-order valence-corrected chi connectivity index (χ0v) is 11.9. The molecule has 0 unspecified atom stereocenters. The van der Waals surface area contributed by atoms with E-state index in [4.69, 9.17) is 15.6 Å². The predicted molar refractivity (Wildman–Crippen MR) is 75.9 cm³/mol. The van der Waals surface area contributed by atoms with Crippen molar-refractivity contribution >= 4 is 36.5 Å². The second-order valence-corrected chi connectivity index (χ2v) is 3.64. The predicted octanol–water partition coefficient (Wildman–Crippen LogP) is 1.64. The number of halogens is 2. The maximum absolute atomic E-state index is 10.5. The lowest BCUT2D eigenvalue weighted by Gasteiger charge is -2.16. The second-order valence-electron chi connectivity index (χ2n) is 3.64. The summed E-state index contributed by atoms with van der Waals surface area (Å²) in [6.45, 7) is 0.471. The Balaban J connectivity index is 0. The van der Waals surface area contributed by atoms with Crippen LogP contribution in [0.1, 0.15) is 5.56 Å². The van der Waals surface area contributed by atoms with Gasteiger partial charge in [0.2, 0.25) is 0 Å². The molecule has 0 bridgehead atoms. The van der Waals surface area contributed by atoms with Gasteiger partial charge in [-0.25, -0.2) is 0 Å². The van der Waals surface area contributed by atoms with Gasteiger partial charge in [0.1, 0.15) is 5.75 Å². The van der Waals surface area contributed by atoms with E-state index in [1.165, 1.54) is 0 Å². The van der Waals surface area contributed by atoms with Crippen LogP contribution < -0.4 is 10.5 Å². The molecule has 3 N–H and O–H groups in total. The average Bonchev–Trinajstić information content (AvgIpc) is 2.16. The molecule has 1 aromatic carbocycles. The smallest absolute Gasteiger partial charge is 0.317 e.